The Labute approximate surface area is 115 Å². The van der Waals surface area contributed by atoms with Gasteiger partial charge in [-0.1, -0.05) is 13.3 Å². The Bertz CT molecular complexity index is 613. The van der Waals surface area contributed by atoms with Crippen LogP contribution in [-0.2, 0) is 6.42 Å². The Hall–Kier alpha value is -1.89. The van der Waals surface area contributed by atoms with Crippen molar-refractivity contribution in [3.63, 3.8) is 0 Å². The molecule has 0 unspecified atom stereocenters. The maximum Gasteiger partial charge on any atom is 0.251 e. The first-order valence-electron chi connectivity index (χ1n) is 5.99. The molecule has 0 saturated heterocycles. The molecule has 0 atom stereocenters. The van der Waals surface area contributed by atoms with Gasteiger partial charge in [-0.15, -0.1) is 0 Å². The lowest BCUT2D eigenvalue weighted by atomic mass is 10.2. The monoisotopic (exact) mass is 277 g/mol. The number of aryl methyl sites for hydroxylation is 1. The maximum absolute atomic E-state index is 11.5. The van der Waals surface area contributed by atoms with E-state index in [1.54, 1.807) is 19.4 Å². The number of hydrogen-bond acceptors (Lipinski definition) is 6. The van der Waals surface area contributed by atoms with Crippen LogP contribution in [-0.4, -0.2) is 27.0 Å². The quantitative estimate of drug-likeness (QED) is 0.809. The van der Waals surface area contributed by atoms with E-state index in [2.05, 4.69) is 32.2 Å². The summed E-state index contributed by atoms with van der Waals surface area (Å²) >= 11 is 1.29. The van der Waals surface area contributed by atoms with Gasteiger partial charge < -0.3 is 10.3 Å². The lowest BCUT2D eigenvalue weighted by Crippen LogP contribution is -2.10. The Kier molecular flexibility index (Phi) is 4.51. The number of anilines is 1. The van der Waals surface area contributed by atoms with E-state index < -0.39 is 0 Å². The topological polar surface area (TPSA) is 83.6 Å². The van der Waals surface area contributed by atoms with Crippen LogP contribution in [0.1, 0.15) is 19.0 Å². The van der Waals surface area contributed by atoms with E-state index in [1.165, 1.54) is 17.8 Å². The molecule has 0 bridgehead atoms. The van der Waals surface area contributed by atoms with Crippen LogP contribution in [0.3, 0.4) is 0 Å². The van der Waals surface area contributed by atoms with Crippen molar-refractivity contribution in [2.45, 2.75) is 29.9 Å². The first-order chi connectivity index (χ1) is 9.21. The molecule has 100 valence electrons. The van der Waals surface area contributed by atoms with E-state index in [9.17, 15) is 4.79 Å². The molecular formula is C12H15N5OS. The number of nitrogens with zero attached hydrogens (tertiary/aromatic N) is 3. The van der Waals surface area contributed by atoms with Crippen LogP contribution in [0.5, 0.6) is 0 Å². The molecule has 2 aromatic rings. The highest BCUT2D eigenvalue weighted by Crippen LogP contribution is 2.22. The predicted molar refractivity (Wildman–Crippen MR) is 74.6 cm³/mol. The van der Waals surface area contributed by atoms with Crippen molar-refractivity contribution >= 4 is 17.6 Å². The Morgan fingerprint density at radius 3 is 2.95 bits per heavy atom. The molecule has 0 amide bonds. The zero-order chi connectivity index (χ0) is 13.7. The zero-order valence-corrected chi connectivity index (χ0v) is 11.6. The molecule has 0 aliphatic rings. The van der Waals surface area contributed by atoms with Crippen LogP contribution in [0.25, 0.3) is 0 Å². The number of aromatic amines is 1. The summed E-state index contributed by atoms with van der Waals surface area (Å²) in [4.78, 5) is 27.0. The summed E-state index contributed by atoms with van der Waals surface area (Å²) in [6.07, 6.45) is 5.01. The van der Waals surface area contributed by atoms with Crippen LogP contribution in [0.2, 0.25) is 0 Å². The van der Waals surface area contributed by atoms with Gasteiger partial charge in [0.1, 0.15) is 10.8 Å². The molecular weight excluding hydrogens is 262 g/mol. The van der Waals surface area contributed by atoms with Crippen LogP contribution in [0.15, 0.2) is 33.4 Å². The van der Waals surface area contributed by atoms with Crippen molar-refractivity contribution in [2.24, 2.45) is 0 Å². The van der Waals surface area contributed by atoms with Crippen LogP contribution < -0.4 is 10.9 Å². The molecule has 0 aliphatic carbocycles. The largest absolute Gasteiger partial charge is 0.372 e. The van der Waals surface area contributed by atoms with E-state index in [-0.39, 0.29) is 5.56 Å². The number of aromatic nitrogens is 4. The van der Waals surface area contributed by atoms with Gasteiger partial charge in [0.25, 0.3) is 5.56 Å². The lowest BCUT2D eigenvalue weighted by Gasteiger charge is -2.04. The van der Waals surface area contributed by atoms with Crippen molar-refractivity contribution in [1.82, 2.24) is 19.9 Å². The second-order valence-corrected chi connectivity index (χ2v) is 4.90. The van der Waals surface area contributed by atoms with Gasteiger partial charge in [-0.05, 0) is 18.2 Å². The normalized spacial score (nSPS) is 10.4. The highest BCUT2D eigenvalue weighted by molar-refractivity contribution is 7.99. The third-order valence-corrected chi connectivity index (χ3v) is 3.14. The van der Waals surface area contributed by atoms with Crippen LogP contribution in [0, 0.1) is 0 Å². The van der Waals surface area contributed by atoms with Crippen molar-refractivity contribution in [2.75, 3.05) is 12.4 Å². The molecule has 6 nitrogen and oxygen atoms in total. The summed E-state index contributed by atoms with van der Waals surface area (Å²) in [5.74, 6) is 0.678. The molecule has 0 saturated carbocycles. The van der Waals surface area contributed by atoms with Gasteiger partial charge >= 0.3 is 0 Å². The van der Waals surface area contributed by atoms with E-state index >= 15 is 0 Å². The number of rotatable bonds is 5. The molecule has 0 fully saturated rings. The van der Waals surface area contributed by atoms with Gasteiger partial charge in [0.05, 0.1) is 12.4 Å². The molecule has 2 aromatic heterocycles. The number of nitrogens with one attached hydrogen (secondary N) is 2. The second kappa shape index (κ2) is 6.33. The summed E-state index contributed by atoms with van der Waals surface area (Å²) in [6, 6.07) is 1.53. The Morgan fingerprint density at radius 2 is 2.21 bits per heavy atom. The van der Waals surface area contributed by atoms with E-state index in [0.717, 1.165) is 18.5 Å². The molecule has 0 radical (unpaired) electrons. The van der Waals surface area contributed by atoms with E-state index in [4.69, 9.17) is 0 Å². The highest BCUT2D eigenvalue weighted by Gasteiger charge is 2.05. The maximum atomic E-state index is 11.5. The molecule has 0 spiro atoms. The first-order valence-corrected chi connectivity index (χ1v) is 6.81. The van der Waals surface area contributed by atoms with Gasteiger partial charge in [0.2, 0.25) is 0 Å². The van der Waals surface area contributed by atoms with Crippen LogP contribution >= 0.6 is 11.8 Å². The highest BCUT2D eigenvalue weighted by atomic mass is 32.2. The number of H-pyrrole nitrogens is 1. The minimum absolute atomic E-state index is 0.140. The van der Waals surface area contributed by atoms with Crippen molar-refractivity contribution in [3.8, 4) is 0 Å². The summed E-state index contributed by atoms with van der Waals surface area (Å²) < 4.78 is 0. The number of hydrogen-bond donors (Lipinski definition) is 2. The zero-order valence-electron chi connectivity index (χ0n) is 10.8. The van der Waals surface area contributed by atoms with Crippen molar-refractivity contribution in [1.29, 1.82) is 0 Å². The third kappa shape index (κ3) is 3.78. The van der Waals surface area contributed by atoms with Gasteiger partial charge in [0.15, 0.2) is 5.16 Å². The minimum Gasteiger partial charge on any atom is -0.372 e. The smallest absolute Gasteiger partial charge is 0.251 e. The van der Waals surface area contributed by atoms with E-state index in [1.807, 2.05) is 0 Å². The fraction of sp³-hybridized carbons (Fsp3) is 0.333. The van der Waals surface area contributed by atoms with E-state index in [0.29, 0.717) is 16.0 Å². The molecule has 19 heavy (non-hydrogen) atoms. The lowest BCUT2D eigenvalue weighted by molar-refractivity contribution is 0.814. The predicted octanol–water partition coefficient (Wildman–Crippen LogP) is 1.71. The van der Waals surface area contributed by atoms with Gasteiger partial charge in [-0.3, -0.25) is 9.78 Å². The van der Waals surface area contributed by atoms with Crippen molar-refractivity contribution in [3.05, 3.63) is 34.5 Å². The average molecular weight is 277 g/mol. The molecule has 2 heterocycles. The summed E-state index contributed by atoms with van der Waals surface area (Å²) in [5.41, 5.74) is 0.658. The standard InChI is InChI=1S/C12H15N5OS/c1-3-4-8-5-10(18)17-12(15-8)19-11-7-14-6-9(13-2)16-11/h5-7H,3-4H2,1-2H3,(H,13,16)(H,15,17,18). The average Bonchev–Trinajstić information content (AvgIpc) is 2.38. The summed E-state index contributed by atoms with van der Waals surface area (Å²) in [7, 11) is 1.78. The summed E-state index contributed by atoms with van der Waals surface area (Å²) in [5, 5.41) is 4.14. The molecule has 2 rings (SSSR count). The molecule has 0 aliphatic heterocycles. The first kappa shape index (κ1) is 13.5. The molecule has 7 heteroatoms. The Morgan fingerprint density at radius 1 is 1.37 bits per heavy atom. The molecule has 2 N–H and O–H groups in total. The fourth-order valence-corrected chi connectivity index (χ4v) is 2.30. The van der Waals surface area contributed by atoms with Gasteiger partial charge in [-0.25, -0.2) is 9.97 Å². The third-order valence-electron chi connectivity index (χ3n) is 2.35. The Balaban J connectivity index is 2.24. The molecule has 0 aromatic carbocycles. The SMILES string of the molecule is CCCc1cc(=O)[nH]c(Sc2cncc(NC)n2)n1. The van der Waals surface area contributed by atoms with Crippen molar-refractivity contribution < 1.29 is 0 Å². The summed E-state index contributed by atoms with van der Waals surface area (Å²) in [6.45, 7) is 2.05. The second-order valence-electron chi connectivity index (χ2n) is 3.89. The fourth-order valence-electron chi connectivity index (χ4n) is 1.53. The van der Waals surface area contributed by atoms with Gasteiger partial charge in [-0.2, -0.15) is 0 Å². The van der Waals surface area contributed by atoms with Crippen LogP contribution in [0.4, 0.5) is 5.82 Å². The minimum atomic E-state index is -0.140. The van der Waals surface area contributed by atoms with Gasteiger partial charge in [0, 0.05) is 18.8 Å².